The molecule has 3 heterocycles. The van der Waals surface area contributed by atoms with Crippen LogP contribution in [0.4, 0.5) is 14.5 Å². The molecule has 0 atom stereocenters. The van der Waals surface area contributed by atoms with Gasteiger partial charge in [-0.15, -0.1) is 0 Å². The van der Waals surface area contributed by atoms with Crippen LogP contribution in [0.15, 0.2) is 83.9 Å². The lowest BCUT2D eigenvalue weighted by molar-refractivity contribution is 0.102. The third-order valence-electron chi connectivity index (χ3n) is 6.47. The molecule has 3 aromatic carbocycles. The molecule has 0 radical (unpaired) electrons. The number of halogens is 2. The van der Waals surface area contributed by atoms with Gasteiger partial charge in [0.2, 0.25) is 0 Å². The van der Waals surface area contributed by atoms with Gasteiger partial charge in [-0.25, -0.2) is 8.78 Å². The highest BCUT2D eigenvalue weighted by atomic mass is 19.1. The van der Waals surface area contributed by atoms with Gasteiger partial charge in [-0.1, -0.05) is 0 Å². The molecule has 0 saturated carbocycles. The van der Waals surface area contributed by atoms with Gasteiger partial charge in [0.1, 0.15) is 36.1 Å². The van der Waals surface area contributed by atoms with Crippen molar-refractivity contribution in [2.45, 2.75) is 6.92 Å². The first kappa shape index (κ1) is 26.8. The van der Waals surface area contributed by atoms with Crippen LogP contribution in [0.1, 0.15) is 17.3 Å². The Bertz CT molecular complexity index is 1870. The maximum absolute atomic E-state index is 15.3. The number of hydrogen-bond donors (Lipinski definition) is 1. The molecular formula is C31H23F2N3O6. The molecule has 6 rings (SSSR count). The second-order valence-electron chi connectivity index (χ2n) is 9.13. The summed E-state index contributed by atoms with van der Waals surface area (Å²) in [4.78, 5) is 30.9. The summed E-state index contributed by atoms with van der Waals surface area (Å²) in [7, 11) is 0. The molecule has 11 heteroatoms. The van der Waals surface area contributed by atoms with E-state index >= 15 is 4.39 Å². The number of amides is 1. The normalized spacial score (nSPS) is 12.2. The zero-order valence-electron chi connectivity index (χ0n) is 22.2. The maximum Gasteiger partial charge on any atom is 0.271 e. The van der Waals surface area contributed by atoms with Crippen LogP contribution in [0.5, 0.6) is 28.7 Å². The van der Waals surface area contributed by atoms with Gasteiger partial charge in [-0.3, -0.25) is 19.1 Å². The first-order valence-electron chi connectivity index (χ1n) is 13.0. The maximum atomic E-state index is 15.3. The topological polar surface area (TPSA) is 101 Å². The Morgan fingerprint density at radius 2 is 1.79 bits per heavy atom. The SMILES string of the molecule is CCOc1ccn(-c2ccc(F)cc2)c(=O)c1C(=O)Nc1ccc(Oc2ccnc3ccc4c(c23)OCCO4)c(F)c1. The minimum absolute atomic E-state index is 0.0536. The second-order valence-corrected chi connectivity index (χ2v) is 9.13. The number of carbonyl (C=O) groups is 1. The average molecular weight is 572 g/mol. The van der Waals surface area contributed by atoms with Crippen molar-refractivity contribution in [2.24, 2.45) is 0 Å². The van der Waals surface area contributed by atoms with Crippen LogP contribution in [-0.4, -0.2) is 35.3 Å². The van der Waals surface area contributed by atoms with Crippen molar-refractivity contribution in [2.75, 3.05) is 25.1 Å². The molecule has 0 spiro atoms. The van der Waals surface area contributed by atoms with Crippen LogP contribution in [0.25, 0.3) is 16.6 Å². The van der Waals surface area contributed by atoms with E-state index in [9.17, 15) is 14.0 Å². The van der Waals surface area contributed by atoms with Crippen LogP contribution < -0.4 is 29.8 Å². The fourth-order valence-corrected chi connectivity index (χ4v) is 4.59. The van der Waals surface area contributed by atoms with E-state index in [1.54, 1.807) is 25.1 Å². The molecular weight excluding hydrogens is 548 g/mol. The van der Waals surface area contributed by atoms with Crippen LogP contribution >= 0.6 is 0 Å². The third-order valence-corrected chi connectivity index (χ3v) is 6.47. The van der Waals surface area contributed by atoms with Crippen molar-refractivity contribution >= 4 is 22.5 Å². The number of nitrogens with zero attached hydrogens (tertiary/aromatic N) is 2. The van der Waals surface area contributed by atoms with Gasteiger partial charge in [0, 0.05) is 29.8 Å². The van der Waals surface area contributed by atoms with Gasteiger partial charge in [-0.2, -0.15) is 0 Å². The number of hydrogen-bond acceptors (Lipinski definition) is 7. The highest BCUT2D eigenvalue weighted by Crippen LogP contribution is 2.43. The van der Waals surface area contributed by atoms with E-state index in [1.807, 2.05) is 0 Å². The van der Waals surface area contributed by atoms with Gasteiger partial charge in [-0.05, 0) is 67.6 Å². The highest BCUT2D eigenvalue weighted by molar-refractivity contribution is 6.06. The molecule has 1 aliphatic heterocycles. The van der Waals surface area contributed by atoms with Gasteiger partial charge >= 0.3 is 0 Å². The Labute approximate surface area is 237 Å². The molecule has 0 bridgehead atoms. The van der Waals surface area contributed by atoms with Gasteiger partial charge in [0.15, 0.2) is 23.1 Å². The van der Waals surface area contributed by atoms with E-state index in [1.165, 1.54) is 59.4 Å². The fourth-order valence-electron chi connectivity index (χ4n) is 4.59. The summed E-state index contributed by atoms with van der Waals surface area (Å²) >= 11 is 0. The van der Waals surface area contributed by atoms with Crippen molar-refractivity contribution in [3.05, 3.63) is 107 Å². The summed E-state index contributed by atoms with van der Waals surface area (Å²) in [6.07, 6.45) is 2.97. The van der Waals surface area contributed by atoms with Gasteiger partial charge < -0.3 is 24.3 Å². The molecule has 212 valence electrons. The zero-order valence-corrected chi connectivity index (χ0v) is 22.2. The molecule has 0 saturated heterocycles. The molecule has 2 aromatic heterocycles. The average Bonchev–Trinajstić information content (AvgIpc) is 2.99. The van der Waals surface area contributed by atoms with Crippen molar-refractivity contribution in [3.63, 3.8) is 0 Å². The van der Waals surface area contributed by atoms with Crippen LogP contribution in [0.3, 0.4) is 0 Å². The molecule has 0 aliphatic carbocycles. The number of fused-ring (bicyclic) bond motifs is 3. The molecule has 9 nitrogen and oxygen atoms in total. The summed E-state index contributed by atoms with van der Waals surface area (Å²) in [5.41, 5.74) is 0.0371. The molecule has 5 aromatic rings. The van der Waals surface area contributed by atoms with E-state index < -0.39 is 23.1 Å². The largest absolute Gasteiger partial charge is 0.493 e. The molecule has 1 aliphatic rings. The number of aromatic nitrogens is 2. The van der Waals surface area contributed by atoms with Crippen LogP contribution in [0.2, 0.25) is 0 Å². The predicted octanol–water partition coefficient (Wildman–Crippen LogP) is 5.88. The lowest BCUT2D eigenvalue weighted by atomic mass is 10.1. The Kier molecular flexibility index (Phi) is 7.14. The predicted molar refractivity (Wildman–Crippen MR) is 150 cm³/mol. The number of benzene rings is 3. The molecule has 1 amide bonds. The first-order valence-corrected chi connectivity index (χ1v) is 13.0. The Morgan fingerprint density at radius 1 is 0.976 bits per heavy atom. The van der Waals surface area contributed by atoms with Crippen LogP contribution in [-0.2, 0) is 0 Å². The van der Waals surface area contributed by atoms with E-state index in [0.717, 1.165) is 6.07 Å². The highest BCUT2D eigenvalue weighted by Gasteiger charge is 2.22. The second kappa shape index (κ2) is 11.2. The summed E-state index contributed by atoms with van der Waals surface area (Å²) in [6.45, 7) is 2.67. The lowest BCUT2D eigenvalue weighted by Gasteiger charge is -2.21. The van der Waals surface area contributed by atoms with E-state index in [0.29, 0.717) is 47.1 Å². The summed E-state index contributed by atoms with van der Waals surface area (Å²) < 4.78 is 52.7. The van der Waals surface area contributed by atoms with Crippen molar-refractivity contribution in [1.82, 2.24) is 9.55 Å². The minimum Gasteiger partial charge on any atom is -0.493 e. The summed E-state index contributed by atoms with van der Waals surface area (Å²) in [5, 5.41) is 3.09. The lowest BCUT2D eigenvalue weighted by Crippen LogP contribution is -2.29. The molecule has 0 fully saturated rings. The standard InChI is InChI=1S/C31H23F2N3O6/c1-2-39-24-12-14-36(20-6-3-18(32)4-7-20)31(38)28(24)30(37)35-19-5-9-23(21(33)17-19)42-25-11-13-34-22-8-10-26-29(27(22)25)41-16-15-40-26/h3-14,17H,2,15-16H2,1H3,(H,35,37). The van der Waals surface area contributed by atoms with Crippen molar-refractivity contribution < 1.29 is 32.5 Å². The number of ether oxygens (including phenoxy) is 4. The Balaban J connectivity index is 1.29. The number of carbonyl (C=O) groups excluding carboxylic acids is 1. The van der Waals surface area contributed by atoms with E-state index in [4.69, 9.17) is 18.9 Å². The third kappa shape index (κ3) is 5.07. The quantitative estimate of drug-likeness (QED) is 0.260. The van der Waals surface area contributed by atoms with E-state index in [2.05, 4.69) is 10.3 Å². The number of pyridine rings is 2. The molecule has 1 N–H and O–H groups in total. The Morgan fingerprint density at radius 3 is 2.57 bits per heavy atom. The summed E-state index contributed by atoms with van der Waals surface area (Å²) in [6, 6.07) is 15.7. The smallest absolute Gasteiger partial charge is 0.271 e. The monoisotopic (exact) mass is 571 g/mol. The number of rotatable bonds is 7. The first-order chi connectivity index (χ1) is 20.4. The van der Waals surface area contributed by atoms with Crippen molar-refractivity contribution in [1.29, 1.82) is 0 Å². The summed E-state index contributed by atoms with van der Waals surface area (Å²) in [5.74, 6) is -0.783. The van der Waals surface area contributed by atoms with E-state index in [-0.39, 0.29) is 29.4 Å². The zero-order chi connectivity index (χ0) is 29.2. The van der Waals surface area contributed by atoms with Gasteiger partial charge in [0.25, 0.3) is 11.5 Å². The van der Waals surface area contributed by atoms with Crippen LogP contribution in [0, 0.1) is 11.6 Å². The van der Waals surface area contributed by atoms with Gasteiger partial charge in [0.05, 0.1) is 17.5 Å². The van der Waals surface area contributed by atoms with Crippen molar-refractivity contribution in [3.8, 4) is 34.4 Å². The number of nitrogens with one attached hydrogen (secondary N) is 1. The molecule has 42 heavy (non-hydrogen) atoms. The minimum atomic E-state index is -0.808. The fraction of sp³-hybridized carbons (Fsp3) is 0.129. The Hall–Kier alpha value is -5.45. The number of anilines is 1. The molecule has 0 unspecified atom stereocenters.